The van der Waals surface area contributed by atoms with Gasteiger partial charge in [0, 0.05) is 65.2 Å². The van der Waals surface area contributed by atoms with Crippen LogP contribution in [-0.4, -0.2) is 78.5 Å². The van der Waals surface area contributed by atoms with Gasteiger partial charge in [-0.1, -0.05) is 19.9 Å². The summed E-state index contributed by atoms with van der Waals surface area (Å²) in [6.45, 7) is 8.78. The number of piperazine rings is 1. The van der Waals surface area contributed by atoms with Gasteiger partial charge in [-0.25, -0.2) is 0 Å². The number of aromatic amines is 1. The first kappa shape index (κ1) is 23.9. The molecule has 0 radical (unpaired) electrons. The highest BCUT2D eigenvalue weighted by molar-refractivity contribution is 7.97. The first-order valence-electron chi connectivity index (χ1n) is 12.0. The molecular weight excluding hydrogens is 458 g/mol. The highest BCUT2D eigenvalue weighted by atomic mass is 32.2. The lowest BCUT2D eigenvalue weighted by Gasteiger charge is -2.39. The molecule has 0 amide bonds. The summed E-state index contributed by atoms with van der Waals surface area (Å²) < 4.78 is 2.06. The molecule has 7 nitrogen and oxygen atoms in total. The van der Waals surface area contributed by atoms with Gasteiger partial charge in [0.25, 0.3) is 0 Å². The number of hydrogen-bond acceptors (Lipinski definition) is 7. The molecule has 0 unspecified atom stereocenters. The molecule has 0 saturated carbocycles. The molecule has 1 aliphatic heterocycles. The lowest BCUT2D eigenvalue weighted by molar-refractivity contribution is 0.103. The summed E-state index contributed by atoms with van der Waals surface area (Å²) in [5.41, 5.74) is 5.55. The Morgan fingerprint density at radius 1 is 1.17 bits per heavy atom. The van der Waals surface area contributed by atoms with Crippen molar-refractivity contribution in [2.24, 2.45) is 0 Å². The number of nitrogens with zero attached hydrogens (tertiary/aromatic N) is 4. The summed E-state index contributed by atoms with van der Waals surface area (Å²) >= 11 is 1.64. The van der Waals surface area contributed by atoms with Crippen LogP contribution in [0.1, 0.15) is 46.6 Å². The standard InChI is InChI=1S/C27H31N5O2S/c1-27(2)20-15-22(32-9-7-31(8-10-32)11-12-33)23(35-30(3)4)14-19(20)25(34)24-18-6-5-17(16-28)13-21(18)29-26(24)27/h5-6,13-15,29,33H,7-12H2,1-4H3. The number of hydrogen-bond donors (Lipinski definition) is 2. The maximum atomic E-state index is 13.9. The second kappa shape index (κ2) is 8.99. The quantitative estimate of drug-likeness (QED) is 0.530. The van der Waals surface area contributed by atoms with E-state index in [-0.39, 0.29) is 12.4 Å². The molecule has 35 heavy (non-hydrogen) atoms. The Hall–Kier alpha value is -2.83. The molecule has 1 fully saturated rings. The predicted molar refractivity (Wildman–Crippen MR) is 140 cm³/mol. The summed E-state index contributed by atoms with van der Waals surface area (Å²) in [4.78, 5) is 23.2. The van der Waals surface area contributed by atoms with E-state index in [0.717, 1.165) is 64.5 Å². The van der Waals surface area contributed by atoms with E-state index in [9.17, 15) is 15.2 Å². The van der Waals surface area contributed by atoms with E-state index >= 15 is 0 Å². The zero-order valence-electron chi connectivity index (χ0n) is 20.7. The molecule has 1 saturated heterocycles. The third-order valence-electron chi connectivity index (χ3n) is 7.21. The van der Waals surface area contributed by atoms with Crippen LogP contribution in [0.2, 0.25) is 0 Å². The van der Waals surface area contributed by atoms with Gasteiger partial charge in [0.2, 0.25) is 0 Å². The fraction of sp³-hybridized carbons (Fsp3) is 0.407. The van der Waals surface area contributed by atoms with E-state index in [0.29, 0.717) is 17.7 Å². The number of ketones is 1. The number of β-amino-alcohol motifs (C(OH)–C–C–N with tert-alkyl or cyclic N) is 1. The van der Waals surface area contributed by atoms with Gasteiger partial charge in [-0.15, -0.1) is 0 Å². The van der Waals surface area contributed by atoms with E-state index in [2.05, 4.69) is 51.1 Å². The maximum Gasteiger partial charge on any atom is 0.195 e. The minimum atomic E-state index is -0.404. The molecule has 0 spiro atoms. The fourth-order valence-electron chi connectivity index (χ4n) is 5.39. The van der Waals surface area contributed by atoms with Crippen LogP contribution in [0.25, 0.3) is 10.9 Å². The van der Waals surface area contributed by atoms with E-state index in [1.165, 1.54) is 0 Å². The van der Waals surface area contributed by atoms with Crippen LogP contribution >= 0.6 is 11.9 Å². The first-order chi connectivity index (χ1) is 16.7. The van der Waals surface area contributed by atoms with Crippen molar-refractivity contribution in [3.05, 3.63) is 58.3 Å². The monoisotopic (exact) mass is 489 g/mol. The average molecular weight is 490 g/mol. The van der Waals surface area contributed by atoms with E-state index < -0.39 is 5.41 Å². The number of H-pyrrole nitrogens is 1. The Balaban J connectivity index is 1.63. The first-order valence-corrected chi connectivity index (χ1v) is 12.7. The summed E-state index contributed by atoms with van der Waals surface area (Å²) in [5.74, 6) is 0.0326. The number of aromatic nitrogens is 1. The number of anilines is 1. The molecule has 5 rings (SSSR count). The van der Waals surface area contributed by atoms with Crippen molar-refractivity contribution in [1.29, 1.82) is 5.26 Å². The number of aliphatic hydroxyl groups is 1. The molecule has 0 bridgehead atoms. The fourth-order valence-corrected chi connectivity index (χ4v) is 6.23. The highest BCUT2D eigenvalue weighted by Crippen LogP contribution is 2.47. The van der Waals surface area contributed by atoms with Crippen molar-refractivity contribution in [1.82, 2.24) is 14.2 Å². The lowest BCUT2D eigenvalue weighted by atomic mass is 9.71. The van der Waals surface area contributed by atoms with Crippen molar-refractivity contribution in [3.8, 4) is 6.07 Å². The minimum Gasteiger partial charge on any atom is -0.395 e. The normalized spacial score (nSPS) is 17.5. The van der Waals surface area contributed by atoms with Crippen molar-refractivity contribution in [3.63, 3.8) is 0 Å². The second-order valence-electron chi connectivity index (χ2n) is 10.0. The SMILES string of the molecule is CN(C)Sc1cc2c(cc1N1CCN(CCO)CC1)C(C)(C)c1[nH]c3cc(C#N)ccc3c1C2=O. The van der Waals surface area contributed by atoms with Crippen LogP contribution in [-0.2, 0) is 5.41 Å². The van der Waals surface area contributed by atoms with Gasteiger partial charge in [0.05, 0.1) is 29.5 Å². The van der Waals surface area contributed by atoms with Gasteiger partial charge in [-0.3, -0.25) is 14.0 Å². The third kappa shape index (κ3) is 4.03. The molecule has 2 heterocycles. The number of nitriles is 1. The molecule has 1 aromatic heterocycles. The number of carbonyl (C=O) groups is 1. The number of carbonyl (C=O) groups excluding carboxylic acids is 1. The van der Waals surface area contributed by atoms with E-state index in [1.807, 2.05) is 26.2 Å². The number of aliphatic hydroxyl groups excluding tert-OH is 1. The van der Waals surface area contributed by atoms with E-state index in [1.54, 1.807) is 18.0 Å². The van der Waals surface area contributed by atoms with Crippen molar-refractivity contribution >= 4 is 34.3 Å². The Morgan fingerprint density at radius 3 is 2.57 bits per heavy atom. The third-order valence-corrected chi connectivity index (χ3v) is 8.10. The number of nitrogens with one attached hydrogen (secondary N) is 1. The van der Waals surface area contributed by atoms with Crippen LogP contribution in [0, 0.1) is 11.3 Å². The second-order valence-corrected chi connectivity index (χ2v) is 11.4. The molecule has 2 aliphatic rings. The highest BCUT2D eigenvalue weighted by Gasteiger charge is 2.41. The zero-order valence-corrected chi connectivity index (χ0v) is 21.5. The average Bonchev–Trinajstić information content (AvgIpc) is 3.23. The maximum absolute atomic E-state index is 13.9. The van der Waals surface area contributed by atoms with Gasteiger partial charge in [-0.2, -0.15) is 5.26 Å². The van der Waals surface area contributed by atoms with Crippen LogP contribution in [0.15, 0.2) is 35.2 Å². The molecule has 1 aliphatic carbocycles. The topological polar surface area (TPSA) is 86.6 Å². The summed E-state index contributed by atoms with van der Waals surface area (Å²) in [6, 6.07) is 12.0. The molecule has 8 heteroatoms. The zero-order chi connectivity index (χ0) is 24.9. The van der Waals surface area contributed by atoms with Gasteiger partial charge >= 0.3 is 0 Å². The van der Waals surface area contributed by atoms with Crippen molar-refractivity contribution in [2.45, 2.75) is 24.2 Å². The molecular formula is C27H31N5O2S. The number of benzene rings is 2. The summed E-state index contributed by atoms with van der Waals surface area (Å²) in [6.07, 6.45) is 0. The summed E-state index contributed by atoms with van der Waals surface area (Å²) in [7, 11) is 4.03. The number of fused-ring (bicyclic) bond motifs is 4. The minimum absolute atomic E-state index is 0.0326. The van der Waals surface area contributed by atoms with Crippen molar-refractivity contribution in [2.75, 3.05) is 58.3 Å². The smallest absolute Gasteiger partial charge is 0.195 e. The van der Waals surface area contributed by atoms with Crippen LogP contribution in [0.5, 0.6) is 0 Å². The summed E-state index contributed by atoms with van der Waals surface area (Å²) in [5, 5.41) is 19.5. The number of rotatable bonds is 5. The van der Waals surface area contributed by atoms with Gasteiger partial charge in [0.1, 0.15) is 0 Å². The van der Waals surface area contributed by atoms with Crippen LogP contribution < -0.4 is 4.90 Å². The molecule has 2 aromatic carbocycles. The van der Waals surface area contributed by atoms with Crippen LogP contribution in [0.4, 0.5) is 5.69 Å². The lowest BCUT2D eigenvalue weighted by Crippen LogP contribution is -2.47. The van der Waals surface area contributed by atoms with Crippen molar-refractivity contribution < 1.29 is 9.90 Å². The van der Waals surface area contributed by atoms with Crippen LogP contribution in [0.3, 0.4) is 0 Å². The van der Waals surface area contributed by atoms with Gasteiger partial charge < -0.3 is 15.0 Å². The largest absolute Gasteiger partial charge is 0.395 e. The predicted octanol–water partition coefficient (Wildman–Crippen LogP) is 3.59. The Labute approximate surface area is 210 Å². The van der Waals surface area contributed by atoms with Gasteiger partial charge in [0.15, 0.2) is 5.78 Å². The Kier molecular flexibility index (Phi) is 6.14. The van der Waals surface area contributed by atoms with E-state index in [4.69, 9.17) is 0 Å². The molecule has 2 N–H and O–H groups in total. The molecule has 3 aromatic rings. The molecule has 0 atom stereocenters. The Morgan fingerprint density at radius 2 is 1.91 bits per heavy atom. The molecule has 182 valence electrons. The van der Waals surface area contributed by atoms with Gasteiger partial charge in [-0.05, 0) is 55.9 Å². The Bertz CT molecular complexity index is 1350.